The first kappa shape index (κ1) is 13.5. The zero-order chi connectivity index (χ0) is 13.8. The van der Waals surface area contributed by atoms with Crippen LogP contribution in [0.4, 0.5) is 0 Å². The van der Waals surface area contributed by atoms with Gasteiger partial charge in [0.25, 0.3) is 0 Å². The summed E-state index contributed by atoms with van der Waals surface area (Å²) in [4.78, 5) is 15.9. The van der Waals surface area contributed by atoms with E-state index in [9.17, 15) is 4.79 Å². The number of carboxylic acid groups (broad SMARTS) is 1. The highest BCUT2D eigenvalue weighted by molar-refractivity contribution is 7.17. The molecular weight excluding hydrogens is 262 g/mol. The molecule has 0 spiro atoms. The van der Waals surface area contributed by atoms with Gasteiger partial charge >= 0.3 is 5.97 Å². The van der Waals surface area contributed by atoms with E-state index < -0.39 is 5.97 Å². The van der Waals surface area contributed by atoms with Crippen LogP contribution in [0, 0.1) is 0 Å². The number of benzene rings is 1. The standard InChI is InChI=1S/C14H15NO3S/c1-3-11-12(14(16)17)19-13(15-11)9-6-5-7-10(8-9)18-4-2/h5-8H,3-4H2,1-2H3,(H,16,17). The fourth-order valence-electron chi connectivity index (χ4n) is 1.77. The molecule has 0 bridgehead atoms. The van der Waals surface area contributed by atoms with Crippen LogP contribution < -0.4 is 4.74 Å². The van der Waals surface area contributed by atoms with Crippen LogP contribution in [0.25, 0.3) is 10.6 Å². The quantitative estimate of drug-likeness (QED) is 0.909. The van der Waals surface area contributed by atoms with Crippen molar-refractivity contribution in [3.63, 3.8) is 0 Å². The molecule has 0 aliphatic heterocycles. The van der Waals surface area contributed by atoms with Gasteiger partial charge in [-0.1, -0.05) is 19.1 Å². The average Bonchev–Trinajstić information content (AvgIpc) is 2.84. The van der Waals surface area contributed by atoms with Gasteiger partial charge in [0.1, 0.15) is 15.6 Å². The van der Waals surface area contributed by atoms with Gasteiger partial charge in [-0.2, -0.15) is 0 Å². The average molecular weight is 277 g/mol. The smallest absolute Gasteiger partial charge is 0.347 e. The summed E-state index contributed by atoms with van der Waals surface area (Å²) in [6.07, 6.45) is 0.614. The summed E-state index contributed by atoms with van der Waals surface area (Å²) in [6, 6.07) is 7.55. The Labute approximate surface area is 115 Å². The minimum atomic E-state index is -0.915. The van der Waals surface area contributed by atoms with E-state index >= 15 is 0 Å². The van der Waals surface area contributed by atoms with E-state index in [-0.39, 0.29) is 0 Å². The molecule has 0 atom stereocenters. The lowest BCUT2D eigenvalue weighted by molar-refractivity contribution is 0.0701. The number of nitrogens with zero attached hydrogens (tertiary/aromatic N) is 1. The molecule has 0 unspecified atom stereocenters. The zero-order valence-corrected chi connectivity index (χ0v) is 11.7. The second-order valence-corrected chi connectivity index (χ2v) is 4.91. The van der Waals surface area contributed by atoms with Crippen LogP contribution in [0.3, 0.4) is 0 Å². The summed E-state index contributed by atoms with van der Waals surface area (Å²) in [5.41, 5.74) is 1.52. The second-order valence-electron chi connectivity index (χ2n) is 3.91. The minimum Gasteiger partial charge on any atom is -0.494 e. The number of rotatable bonds is 5. The fraction of sp³-hybridized carbons (Fsp3) is 0.286. The van der Waals surface area contributed by atoms with E-state index in [1.165, 1.54) is 11.3 Å². The van der Waals surface area contributed by atoms with Crippen molar-refractivity contribution in [1.29, 1.82) is 0 Å². The van der Waals surface area contributed by atoms with E-state index in [2.05, 4.69) is 4.98 Å². The molecule has 2 rings (SSSR count). The summed E-state index contributed by atoms with van der Waals surface area (Å²) in [7, 11) is 0. The van der Waals surface area contributed by atoms with E-state index in [0.29, 0.717) is 23.6 Å². The first-order chi connectivity index (χ1) is 9.15. The van der Waals surface area contributed by atoms with Crippen molar-refractivity contribution in [3.8, 4) is 16.3 Å². The van der Waals surface area contributed by atoms with Gasteiger partial charge in [0, 0.05) is 5.56 Å². The van der Waals surface area contributed by atoms with Gasteiger partial charge < -0.3 is 9.84 Å². The molecule has 1 N–H and O–H groups in total. The molecule has 19 heavy (non-hydrogen) atoms. The lowest BCUT2D eigenvalue weighted by Crippen LogP contribution is -1.97. The number of hydrogen-bond acceptors (Lipinski definition) is 4. The Morgan fingerprint density at radius 3 is 2.79 bits per heavy atom. The molecule has 2 aromatic rings. The van der Waals surface area contributed by atoms with Crippen LogP contribution in [0.2, 0.25) is 0 Å². The highest BCUT2D eigenvalue weighted by Crippen LogP contribution is 2.30. The largest absolute Gasteiger partial charge is 0.494 e. The first-order valence-electron chi connectivity index (χ1n) is 6.12. The summed E-state index contributed by atoms with van der Waals surface area (Å²) in [6.45, 7) is 4.43. The monoisotopic (exact) mass is 277 g/mol. The Balaban J connectivity index is 2.41. The number of ether oxygens (including phenoxy) is 1. The lowest BCUT2D eigenvalue weighted by atomic mass is 10.2. The maximum absolute atomic E-state index is 11.1. The maximum atomic E-state index is 11.1. The summed E-state index contributed by atoms with van der Waals surface area (Å²) in [5, 5.41) is 9.86. The number of aryl methyl sites for hydroxylation is 1. The van der Waals surface area contributed by atoms with Crippen LogP contribution in [0.5, 0.6) is 5.75 Å². The van der Waals surface area contributed by atoms with E-state index in [4.69, 9.17) is 9.84 Å². The number of hydrogen-bond donors (Lipinski definition) is 1. The van der Waals surface area contributed by atoms with Gasteiger partial charge in [0.05, 0.1) is 12.3 Å². The van der Waals surface area contributed by atoms with Crippen molar-refractivity contribution in [1.82, 2.24) is 4.98 Å². The van der Waals surface area contributed by atoms with Crippen LogP contribution in [-0.2, 0) is 6.42 Å². The van der Waals surface area contributed by atoms with E-state index in [0.717, 1.165) is 16.3 Å². The number of aromatic nitrogens is 1. The molecule has 0 aliphatic rings. The van der Waals surface area contributed by atoms with Gasteiger partial charge in [-0.05, 0) is 25.5 Å². The van der Waals surface area contributed by atoms with Crippen molar-refractivity contribution in [2.45, 2.75) is 20.3 Å². The zero-order valence-electron chi connectivity index (χ0n) is 10.8. The number of aromatic carboxylic acids is 1. The van der Waals surface area contributed by atoms with Gasteiger partial charge in [0.2, 0.25) is 0 Å². The molecule has 0 saturated heterocycles. The molecule has 0 fully saturated rings. The van der Waals surface area contributed by atoms with Gasteiger partial charge in [0.15, 0.2) is 0 Å². The van der Waals surface area contributed by atoms with Gasteiger partial charge in [-0.25, -0.2) is 9.78 Å². The van der Waals surface area contributed by atoms with Crippen molar-refractivity contribution in [3.05, 3.63) is 34.8 Å². The van der Waals surface area contributed by atoms with Crippen LogP contribution in [0.15, 0.2) is 24.3 Å². The summed E-state index contributed by atoms with van der Waals surface area (Å²) in [5.74, 6) is -0.147. The first-order valence-corrected chi connectivity index (χ1v) is 6.93. The molecule has 5 heteroatoms. The second kappa shape index (κ2) is 5.84. The Hall–Kier alpha value is -1.88. The molecule has 0 radical (unpaired) electrons. The number of thiazole rings is 1. The topological polar surface area (TPSA) is 59.4 Å². The lowest BCUT2D eigenvalue weighted by Gasteiger charge is -2.03. The predicted molar refractivity (Wildman–Crippen MR) is 75.1 cm³/mol. The molecule has 1 aromatic carbocycles. The van der Waals surface area contributed by atoms with Crippen molar-refractivity contribution in [2.24, 2.45) is 0 Å². The molecule has 1 heterocycles. The van der Waals surface area contributed by atoms with Crippen LogP contribution in [-0.4, -0.2) is 22.7 Å². The Morgan fingerprint density at radius 1 is 1.42 bits per heavy atom. The third kappa shape index (κ3) is 2.93. The maximum Gasteiger partial charge on any atom is 0.347 e. The van der Waals surface area contributed by atoms with Crippen molar-refractivity contribution in [2.75, 3.05) is 6.61 Å². The Morgan fingerprint density at radius 2 is 2.21 bits per heavy atom. The van der Waals surface area contributed by atoms with Gasteiger partial charge in [-0.3, -0.25) is 0 Å². The molecule has 4 nitrogen and oxygen atoms in total. The van der Waals surface area contributed by atoms with Gasteiger partial charge in [-0.15, -0.1) is 11.3 Å². The SMILES string of the molecule is CCOc1cccc(-c2nc(CC)c(C(=O)O)s2)c1. The Bertz CT molecular complexity index is 592. The molecule has 0 aliphatic carbocycles. The number of carboxylic acids is 1. The number of carbonyl (C=O) groups is 1. The molecule has 100 valence electrons. The third-order valence-corrected chi connectivity index (χ3v) is 3.75. The fourth-order valence-corrected chi connectivity index (χ4v) is 2.76. The highest BCUT2D eigenvalue weighted by Gasteiger charge is 2.16. The minimum absolute atomic E-state index is 0.319. The van der Waals surface area contributed by atoms with Crippen LogP contribution in [0.1, 0.15) is 29.2 Å². The van der Waals surface area contributed by atoms with Crippen molar-refractivity contribution >= 4 is 17.3 Å². The van der Waals surface area contributed by atoms with E-state index in [1.54, 1.807) is 0 Å². The molecule has 0 amide bonds. The predicted octanol–water partition coefficient (Wildman–Crippen LogP) is 3.47. The van der Waals surface area contributed by atoms with Crippen LogP contribution >= 0.6 is 11.3 Å². The summed E-state index contributed by atoms with van der Waals surface area (Å²) < 4.78 is 5.44. The van der Waals surface area contributed by atoms with E-state index in [1.807, 2.05) is 38.1 Å². The highest BCUT2D eigenvalue weighted by atomic mass is 32.1. The molecule has 1 aromatic heterocycles. The normalized spacial score (nSPS) is 10.4. The summed E-state index contributed by atoms with van der Waals surface area (Å²) >= 11 is 1.21. The molecular formula is C14H15NO3S. The third-order valence-electron chi connectivity index (χ3n) is 2.62. The molecule has 0 saturated carbocycles. The Kier molecular flexibility index (Phi) is 4.16. The van der Waals surface area contributed by atoms with Crippen molar-refractivity contribution < 1.29 is 14.6 Å².